The summed E-state index contributed by atoms with van der Waals surface area (Å²) in [5.74, 6) is 3.63. The number of aliphatic imine (C=N–C) groups is 1. The first-order valence-electron chi connectivity index (χ1n) is 8.62. The minimum atomic E-state index is 0.570. The number of aromatic nitrogens is 3. The average Bonchev–Trinajstić information content (AvgIpc) is 3.31. The summed E-state index contributed by atoms with van der Waals surface area (Å²) >= 11 is 0. The molecule has 2 aliphatic rings. The maximum absolute atomic E-state index is 4.73. The highest BCUT2D eigenvalue weighted by molar-refractivity contribution is 5.80. The maximum atomic E-state index is 4.73. The number of aryl methyl sites for hydroxylation is 1. The van der Waals surface area contributed by atoms with Gasteiger partial charge in [-0.1, -0.05) is 19.3 Å². The highest BCUT2D eigenvalue weighted by Gasteiger charge is 2.22. The zero-order valence-corrected chi connectivity index (χ0v) is 13.8. The van der Waals surface area contributed by atoms with Crippen LogP contribution in [0.3, 0.4) is 0 Å². The predicted molar refractivity (Wildman–Crippen MR) is 87.6 cm³/mol. The van der Waals surface area contributed by atoms with Crippen LogP contribution in [0.4, 0.5) is 0 Å². The Morgan fingerprint density at radius 2 is 1.95 bits per heavy atom. The minimum absolute atomic E-state index is 0.570. The van der Waals surface area contributed by atoms with Gasteiger partial charge in [-0.25, -0.2) is 4.99 Å². The van der Waals surface area contributed by atoms with Crippen LogP contribution in [0.5, 0.6) is 0 Å². The molecule has 0 saturated heterocycles. The molecule has 1 aromatic rings. The van der Waals surface area contributed by atoms with Crippen molar-refractivity contribution >= 4 is 5.96 Å². The molecule has 2 fully saturated rings. The highest BCUT2D eigenvalue weighted by Crippen LogP contribution is 2.27. The maximum Gasteiger partial charge on any atom is 0.191 e. The topological polar surface area (TPSA) is 67.1 Å². The predicted octanol–water partition coefficient (Wildman–Crippen LogP) is 1.90. The molecular formula is C16H28N6. The molecule has 2 aliphatic carbocycles. The lowest BCUT2D eigenvalue weighted by atomic mass is 9.96. The number of nitrogens with one attached hydrogen (secondary N) is 2. The Morgan fingerprint density at radius 3 is 2.59 bits per heavy atom. The van der Waals surface area contributed by atoms with Crippen molar-refractivity contribution in [3.63, 3.8) is 0 Å². The van der Waals surface area contributed by atoms with E-state index in [9.17, 15) is 0 Å². The summed E-state index contributed by atoms with van der Waals surface area (Å²) in [6, 6.07) is 0.570. The van der Waals surface area contributed by atoms with Crippen molar-refractivity contribution in [1.82, 2.24) is 25.4 Å². The summed E-state index contributed by atoms with van der Waals surface area (Å²) < 4.78 is 2.00. The van der Waals surface area contributed by atoms with Gasteiger partial charge in [-0.3, -0.25) is 0 Å². The molecule has 0 radical (unpaired) electrons. The van der Waals surface area contributed by atoms with Crippen LogP contribution < -0.4 is 10.6 Å². The second-order valence-corrected chi connectivity index (χ2v) is 6.69. The van der Waals surface area contributed by atoms with E-state index in [-0.39, 0.29) is 0 Å². The second kappa shape index (κ2) is 7.11. The molecule has 0 amide bonds. The largest absolute Gasteiger partial charge is 0.356 e. The molecule has 22 heavy (non-hydrogen) atoms. The fourth-order valence-electron chi connectivity index (χ4n) is 2.89. The van der Waals surface area contributed by atoms with Crippen molar-refractivity contribution in [2.45, 2.75) is 64.5 Å². The number of nitrogens with zero attached hydrogens (tertiary/aromatic N) is 4. The monoisotopic (exact) mass is 304 g/mol. The van der Waals surface area contributed by atoms with Gasteiger partial charge in [0.05, 0.1) is 0 Å². The molecule has 6 heteroatoms. The van der Waals surface area contributed by atoms with Gasteiger partial charge in [-0.2, -0.15) is 0 Å². The van der Waals surface area contributed by atoms with E-state index in [4.69, 9.17) is 4.99 Å². The lowest BCUT2D eigenvalue weighted by molar-refractivity contribution is 0.409. The summed E-state index contributed by atoms with van der Waals surface area (Å²) in [6.45, 7) is 3.58. The number of hydrogen-bond acceptors (Lipinski definition) is 3. The molecular weight excluding hydrogens is 276 g/mol. The molecule has 6 nitrogen and oxygen atoms in total. The van der Waals surface area contributed by atoms with Crippen LogP contribution in [-0.2, 0) is 13.6 Å². The number of guanidine groups is 1. The van der Waals surface area contributed by atoms with Crippen LogP contribution >= 0.6 is 0 Å². The van der Waals surface area contributed by atoms with Crippen LogP contribution in [0.25, 0.3) is 0 Å². The first-order chi connectivity index (χ1) is 10.7. The molecule has 0 unspecified atom stereocenters. The normalized spacial score (nSPS) is 20.2. The van der Waals surface area contributed by atoms with Gasteiger partial charge in [0, 0.05) is 19.6 Å². The summed E-state index contributed by atoms with van der Waals surface area (Å²) in [7, 11) is 1.99. The standard InChI is InChI=1S/C16H28N6/c1-12-20-21-15(22(12)2)11-18-16(17-10-13-8-9-13)19-14-6-4-3-5-7-14/h13-14H,3-11H2,1-2H3,(H2,17,18,19). The Bertz CT molecular complexity index is 511. The molecule has 1 aromatic heterocycles. The van der Waals surface area contributed by atoms with Crippen molar-refractivity contribution in [3.8, 4) is 0 Å². The van der Waals surface area contributed by atoms with Gasteiger partial charge in [0.15, 0.2) is 11.8 Å². The number of hydrogen-bond donors (Lipinski definition) is 2. The van der Waals surface area contributed by atoms with E-state index in [0.29, 0.717) is 12.6 Å². The van der Waals surface area contributed by atoms with Gasteiger partial charge in [0.1, 0.15) is 12.4 Å². The van der Waals surface area contributed by atoms with Crippen molar-refractivity contribution in [3.05, 3.63) is 11.6 Å². The van der Waals surface area contributed by atoms with E-state index in [1.54, 1.807) is 0 Å². The van der Waals surface area contributed by atoms with Crippen LogP contribution in [0.2, 0.25) is 0 Å². The summed E-state index contributed by atoms with van der Waals surface area (Å²) in [4.78, 5) is 4.73. The van der Waals surface area contributed by atoms with Crippen molar-refractivity contribution < 1.29 is 0 Å². The van der Waals surface area contributed by atoms with Crippen LogP contribution in [0, 0.1) is 12.8 Å². The third-order valence-electron chi connectivity index (χ3n) is 4.76. The lowest BCUT2D eigenvalue weighted by Crippen LogP contribution is -2.44. The van der Waals surface area contributed by atoms with Crippen molar-refractivity contribution in [2.75, 3.05) is 6.54 Å². The fourth-order valence-corrected chi connectivity index (χ4v) is 2.89. The molecule has 2 saturated carbocycles. The van der Waals surface area contributed by atoms with Gasteiger partial charge in [0.2, 0.25) is 0 Å². The Hall–Kier alpha value is -1.59. The molecule has 0 bridgehead atoms. The molecule has 2 N–H and O–H groups in total. The van der Waals surface area contributed by atoms with Gasteiger partial charge < -0.3 is 15.2 Å². The summed E-state index contributed by atoms with van der Waals surface area (Å²) in [5, 5.41) is 15.4. The zero-order chi connectivity index (χ0) is 15.4. The Labute approximate surface area is 132 Å². The first kappa shape index (κ1) is 15.3. The Balaban J connectivity index is 1.60. The van der Waals surface area contributed by atoms with Crippen LogP contribution in [0.15, 0.2) is 4.99 Å². The van der Waals surface area contributed by atoms with Crippen molar-refractivity contribution in [2.24, 2.45) is 18.0 Å². The fraction of sp³-hybridized carbons (Fsp3) is 0.812. The third kappa shape index (κ3) is 4.21. The van der Waals surface area contributed by atoms with E-state index in [1.807, 2.05) is 18.5 Å². The lowest BCUT2D eigenvalue weighted by Gasteiger charge is -2.25. The minimum Gasteiger partial charge on any atom is -0.356 e. The molecule has 1 heterocycles. The molecule has 0 atom stereocenters. The average molecular weight is 304 g/mol. The molecule has 0 spiro atoms. The van der Waals surface area contributed by atoms with Gasteiger partial charge in [-0.05, 0) is 38.5 Å². The molecule has 0 aromatic carbocycles. The Morgan fingerprint density at radius 1 is 1.18 bits per heavy atom. The van der Waals surface area contributed by atoms with Crippen LogP contribution in [0.1, 0.15) is 56.6 Å². The van der Waals surface area contributed by atoms with E-state index in [0.717, 1.165) is 30.1 Å². The quantitative estimate of drug-likeness (QED) is 0.644. The zero-order valence-electron chi connectivity index (χ0n) is 13.8. The summed E-state index contributed by atoms with van der Waals surface area (Å²) in [5.41, 5.74) is 0. The van der Waals surface area contributed by atoms with Crippen LogP contribution in [-0.4, -0.2) is 33.3 Å². The van der Waals surface area contributed by atoms with E-state index in [1.165, 1.54) is 44.9 Å². The molecule has 3 rings (SSSR count). The molecule has 0 aliphatic heterocycles. The van der Waals surface area contributed by atoms with E-state index in [2.05, 4.69) is 20.8 Å². The SMILES string of the molecule is Cc1nnc(CN=C(NCC2CC2)NC2CCCCC2)n1C. The van der Waals surface area contributed by atoms with Gasteiger partial charge in [-0.15, -0.1) is 10.2 Å². The second-order valence-electron chi connectivity index (χ2n) is 6.69. The van der Waals surface area contributed by atoms with E-state index < -0.39 is 0 Å². The molecule has 122 valence electrons. The summed E-state index contributed by atoms with van der Waals surface area (Å²) in [6.07, 6.45) is 9.25. The van der Waals surface area contributed by atoms with Gasteiger partial charge in [0.25, 0.3) is 0 Å². The highest BCUT2D eigenvalue weighted by atomic mass is 15.3. The number of rotatable bonds is 5. The third-order valence-corrected chi connectivity index (χ3v) is 4.76. The smallest absolute Gasteiger partial charge is 0.191 e. The van der Waals surface area contributed by atoms with E-state index >= 15 is 0 Å². The van der Waals surface area contributed by atoms with Crippen molar-refractivity contribution in [1.29, 1.82) is 0 Å². The first-order valence-corrected chi connectivity index (χ1v) is 8.62. The van der Waals surface area contributed by atoms with Gasteiger partial charge >= 0.3 is 0 Å². The Kier molecular flexibility index (Phi) is 4.95.